The number of rotatable bonds is 6. The molecule has 0 saturated carbocycles. The number of carbonyl (C=O) groups excluding carboxylic acids is 1. The molecule has 0 spiro atoms. The number of hydrogen-bond acceptors (Lipinski definition) is 4. The van der Waals surface area contributed by atoms with E-state index >= 15 is 0 Å². The third kappa shape index (κ3) is 5.13. The molecule has 3 aromatic rings. The van der Waals surface area contributed by atoms with Crippen molar-refractivity contribution in [3.05, 3.63) is 87.9 Å². The fraction of sp³-hybridized carbons (Fsp3) is 0.286. The van der Waals surface area contributed by atoms with E-state index in [9.17, 15) is 19.8 Å². The minimum atomic E-state index is -1.30. The van der Waals surface area contributed by atoms with E-state index in [1.165, 1.54) is 0 Å². The molecule has 0 fully saturated rings. The molecule has 0 saturated heterocycles. The van der Waals surface area contributed by atoms with Crippen molar-refractivity contribution >= 4 is 23.7 Å². The summed E-state index contributed by atoms with van der Waals surface area (Å²) in [5, 5.41) is 22.7. The molecular formula is C28H28ClNO5. The van der Waals surface area contributed by atoms with Gasteiger partial charge in [0.1, 0.15) is 18.4 Å². The number of ether oxygens (including phenoxy) is 1. The van der Waals surface area contributed by atoms with Gasteiger partial charge in [0, 0.05) is 12.3 Å². The van der Waals surface area contributed by atoms with Crippen LogP contribution in [0.15, 0.2) is 60.7 Å². The van der Waals surface area contributed by atoms with E-state index in [1.807, 2.05) is 69.3 Å². The SMILES string of the molecule is CC(C)(C)c1cc(Cl)c(O)c(CC(NC(=O)OCC2c3ccccc3-c3ccccc32)C(=O)O)c1. The fourth-order valence-corrected chi connectivity index (χ4v) is 4.69. The molecule has 0 radical (unpaired) electrons. The van der Waals surface area contributed by atoms with Crippen molar-refractivity contribution in [2.24, 2.45) is 0 Å². The lowest BCUT2D eigenvalue weighted by Gasteiger charge is -2.22. The lowest BCUT2D eigenvalue weighted by Crippen LogP contribution is -2.43. The fourth-order valence-electron chi connectivity index (χ4n) is 4.45. The molecule has 0 aromatic heterocycles. The van der Waals surface area contributed by atoms with Crippen molar-refractivity contribution in [1.82, 2.24) is 5.32 Å². The minimum absolute atomic E-state index is 0.0722. The predicted octanol–water partition coefficient (Wildman–Crippen LogP) is 5.88. The van der Waals surface area contributed by atoms with Gasteiger partial charge in [-0.25, -0.2) is 9.59 Å². The van der Waals surface area contributed by atoms with Crippen LogP contribution in [-0.4, -0.2) is 34.9 Å². The van der Waals surface area contributed by atoms with Gasteiger partial charge in [-0.1, -0.05) is 87.0 Å². The van der Waals surface area contributed by atoms with E-state index in [-0.39, 0.29) is 35.1 Å². The summed E-state index contributed by atoms with van der Waals surface area (Å²) in [5.74, 6) is -1.57. The lowest BCUT2D eigenvalue weighted by molar-refractivity contribution is -0.139. The topological polar surface area (TPSA) is 95.9 Å². The highest BCUT2D eigenvalue weighted by atomic mass is 35.5. The first-order chi connectivity index (χ1) is 16.6. The van der Waals surface area contributed by atoms with Crippen LogP contribution in [0, 0.1) is 0 Å². The summed E-state index contributed by atoms with van der Waals surface area (Å²) in [5.41, 5.74) is 5.27. The number of carbonyl (C=O) groups is 2. The Kier molecular flexibility index (Phi) is 6.77. The zero-order chi connectivity index (χ0) is 25.3. The predicted molar refractivity (Wildman–Crippen MR) is 135 cm³/mol. The molecule has 4 rings (SSSR count). The second kappa shape index (κ2) is 9.62. The van der Waals surface area contributed by atoms with Crippen molar-refractivity contribution in [3.63, 3.8) is 0 Å². The van der Waals surface area contributed by atoms with Crippen LogP contribution in [0.5, 0.6) is 5.75 Å². The second-order valence-electron chi connectivity index (χ2n) is 9.78. The Labute approximate surface area is 209 Å². The van der Waals surface area contributed by atoms with Crippen molar-refractivity contribution in [2.75, 3.05) is 6.61 Å². The van der Waals surface area contributed by atoms with Crippen LogP contribution in [0.25, 0.3) is 11.1 Å². The maximum atomic E-state index is 12.6. The largest absolute Gasteiger partial charge is 0.506 e. The molecule has 0 bridgehead atoms. The van der Waals surface area contributed by atoms with E-state index in [0.29, 0.717) is 5.56 Å². The lowest BCUT2D eigenvalue weighted by atomic mass is 9.85. The van der Waals surface area contributed by atoms with Gasteiger partial charge in [0.2, 0.25) is 0 Å². The summed E-state index contributed by atoms with van der Waals surface area (Å²) >= 11 is 6.19. The molecule has 3 N–H and O–H groups in total. The summed E-state index contributed by atoms with van der Waals surface area (Å²) < 4.78 is 5.49. The number of carboxylic acids is 1. The minimum Gasteiger partial charge on any atom is -0.506 e. The highest BCUT2D eigenvalue weighted by molar-refractivity contribution is 6.32. The van der Waals surface area contributed by atoms with Crippen LogP contribution in [-0.2, 0) is 21.4 Å². The number of phenols is 1. The molecule has 0 heterocycles. The van der Waals surface area contributed by atoms with Crippen molar-refractivity contribution in [3.8, 4) is 16.9 Å². The van der Waals surface area contributed by atoms with Gasteiger partial charge in [-0.05, 0) is 44.9 Å². The maximum absolute atomic E-state index is 12.6. The first-order valence-electron chi connectivity index (χ1n) is 11.4. The average molecular weight is 494 g/mol. The van der Waals surface area contributed by atoms with Crippen molar-refractivity contribution in [1.29, 1.82) is 0 Å². The Morgan fingerprint density at radius 2 is 1.60 bits per heavy atom. The zero-order valence-electron chi connectivity index (χ0n) is 19.8. The molecule has 1 unspecified atom stereocenters. The van der Waals surface area contributed by atoms with Crippen LogP contribution >= 0.6 is 11.6 Å². The Morgan fingerprint density at radius 3 is 2.14 bits per heavy atom. The number of aromatic hydroxyl groups is 1. The highest BCUT2D eigenvalue weighted by Gasteiger charge is 2.30. The third-order valence-corrected chi connectivity index (χ3v) is 6.65. The first kappa shape index (κ1) is 24.6. The summed E-state index contributed by atoms with van der Waals surface area (Å²) in [4.78, 5) is 24.5. The third-order valence-electron chi connectivity index (χ3n) is 6.37. The van der Waals surface area contributed by atoms with Gasteiger partial charge in [0.25, 0.3) is 0 Å². The van der Waals surface area contributed by atoms with E-state index in [1.54, 1.807) is 12.1 Å². The Hall–Kier alpha value is -3.51. The van der Waals surface area contributed by atoms with Crippen LogP contribution in [0.3, 0.4) is 0 Å². The summed E-state index contributed by atoms with van der Waals surface area (Å²) in [6.07, 6.45) is -0.980. The Balaban J connectivity index is 1.48. The number of amides is 1. The zero-order valence-corrected chi connectivity index (χ0v) is 20.6. The quantitative estimate of drug-likeness (QED) is 0.398. The summed E-state index contributed by atoms with van der Waals surface area (Å²) in [7, 11) is 0. The second-order valence-corrected chi connectivity index (χ2v) is 10.2. The highest BCUT2D eigenvalue weighted by Crippen LogP contribution is 2.44. The number of carboxylic acid groups (broad SMARTS) is 1. The monoisotopic (exact) mass is 493 g/mol. The number of alkyl carbamates (subject to hydrolysis) is 1. The standard InChI is InChI=1S/C28H28ClNO5/c1-28(2,3)17-12-16(25(31)23(29)14-17)13-24(26(32)33)30-27(34)35-15-22-20-10-6-4-8-18(20)19-9-5-7-11-21(19)22/h4-12,14,22,24,31H,13,15H2,1-3H3,(H,30,34)(H,32,33). The summed E-state index contributed by atoms with van der Waals surface area (Å²) in [6, 6.07) is 18.0. The number of aliphatic carboxylic acids is 1. The van der Waals surface area contributed by atoms with Crippen LogP contribution < -0.4 is 5.32 Å². The maximum Gasteiger partial charge on any atom is 0.407 e. The van der Waals surface area contributed by atoms with Gasteiger partial charge in [-0.3, -0.25) is 0 Å². The molecule has 182 valence electrons. The molecule has 1 aliphatic carbocycles. The van der Waals surface area contributed by atoms with E-state index in [4.69, 9.17) is 16.3 Å². The van der Waals surface area contributed by atoms with Crippen molar-refractivity contribution < 1.29 is 24.5 Å². The summed E-state index contributed by atoms with van der Waals surface area (Å²) in [6.45, 7) is 6.04. The number of halogens is 1. The van der Waals surface area contributed by atoms with Gasteiger partial charge in [0.15, 0.2) is 0 Å². The first-order valence-corrected chi connectivity index (χ1v) is 11.8. The van der Waals surface area contributed by atoms with Crippen molar-refractivity contribution in [2.45, 2.75) is 44.6 Å². The Morgan fingerprint density at radius 1 is 1.03 bits per heavy atom. The van der Waals surface area contributed by atoms with Gasteiger partial charge < -0.3 is 20.3 Å². The van der Waals surface area contributed by atoms with Crippen LogP contribution in [0.1, 0.15) is 48.9 Å². The Bertz CT molecular complexity index is 1240. The number of fused-ring (bicyclic) bond motifs is 3. The smallest absolute Gasteiger partial charge is 0.407 e. The number of nitrogens with one attached hydrogen (secondary N) is 1. The van der Waals surface area contributed by atoms with Gasteiger partial charge >= 0.3 is 12.1 Å². The van der Waals surface area contributed by atoms with Gasteiger partial charge in [-0.15, -0.1) is 0 Å². The average Bonchev–Trinajstić information content (AvgIpc) is 3.13. The molecule has 0 aliphatic heterocycles. The molecule has 1 aliphatic rings. The molecule has 35 heavy (non-hydrogen) atoms. The van der Waals surface area contributed by atoms with E-state index < -0.39 is 18.1 Å². The number of hydrogen-bond donors (Lipinski definition) is 3. The van der Waals surface area contributed by atoms with Crippen LogP contribution in [0.4, 0.5) is 4.79 Å². The van der Waals surface area contributed by atoms with Gasteiger partial charge in [-0.2, -0.15) is 0 Å². The molecule has 3 aromatic carbocycles. The molecule has 6 nitrogen and oxygen atoms in total. The van der Waals surface area contributed by atoms with Crippen LogP contribution in [0.2, 0.25) is 5.02 Å². The number of benzene rings is 3. The van der Waals surface area contributed by atoms with Gasteiger partial charge in [0.05, 0.1) is 5.02 Å². The molecule has 1 amide bonds. The van der Waals surface area contributed by atoms with E-state index in [0.717, 1.165) is 27.8 Å². The van der Waals surface area contributed by atoms with E-state index in [2.05, 4.69) is 5.32 Å². The molecule has 1 atom stereocenters. The normalized spacial score (nSPS) is 13.6. The molecule has 7 heteroatoms. The molecular weight excluding hydrogens is 466 g/mol. The number of phenolic OH excluding ortho intramolecular Hbond substituents is 1.